The fraction of sp³-hybridized carbons (Fsp3) is 0.500. The van der Waals surface area contributed by atoms with Crippen LogP contribution in [0, 0.1) is 6.92 Å². The minimum atomic E-state index is -0.565. The monoisotopic (exact) mass is 290 g/mol. The number of amides is 2. The molecule has 2 rings (SSSR count). The van der Waals surface area contributed by atoms with Crippen LogP contribution in [0.3, 0.4) is 0 Å². The predicted octanol–water partition coefficient (Wildman–Crippen LogP) is 1.98. The molecule has 0 spiro atoms. The van der Waals surface area contributed by atoms with Crippen molar-refractivity contribution < 1.29 is 14.3 Å². The quantitative estimate of drug-likeness (QED) is 0.852. The van der Waals surface area contributed by atoms with Gasteiger partial charge in [-0.2, -0.15) is 0 Å². The van der Waals surface area contributed by atoms with Gasteiger partial charge in [-0.3, -0.25) is 14.5 Å². The van der Waals surface area contributed by atoms with Gasteiger partial charge in [0.15, 0.2) is 6.10 Å². The molecular weight excluding hydrogens is 268 g/mol. The summed E-state index contributed by atoms with van der Waals surface area (Å²) in [5.41, 5.74) is 1.71. The second-order valence-electron chi connectivity index (χ2n) is 5.22. The van der Waals surface area contributed by atoms with Gasteiger partial charge in [-0.05, 0) is 45.4 Å². The van der Waals surface area contributed by atoms with E-state index in [-0.39, 0.29) is 18.4 Å². The largest absolute Gasteiger partial charge is 0.479 e. The number of nitrogens with zero attached hydrogens (tertiary/aromatic N) is 2. The Kier molecular flexibility index (Phi) is 4.50. The normalized spacial score (nSPS) is 17.2. The van der Waals surface area contributed by atoms with E-state index in [9.17, 15) is 9.59 Å². The van der Waals surface area contributed by atoms with Gasteiger partial charge in [0.05, 0.1) is 5.69 Å². The summed E-state index contributed by atoms with van der Waals surface area (Å²) in [6.07, 6.45) is -0.565. The second-order valence-corrected chi connectivity index (χ2v) is 5.22. The molecule has 1 aliphatic heterocycles. The number of anilines is 1. The lowest BCUT2D eigenvalue weighted by Crippen LogP contribution is -2.49. The van der Waals surface area contributed by atoms with E-state index in [1.54, 1.807) is 11.8 Å². The fourth-order valence-electron chi connectivity index (χ4n) is 2.49. The first-order valence-electron chi connectivity index (χ1n) is 7.34. The Balaban J connectivity index is 2.31. The van der Waals surface area contributed by atoms with E-state index < -0.39 is 6.10 Å². The third kappa shape index (κ3) is 3.01. The minimum absolute atomic E-state index is 0.0464. The van der Waals surface area contributed by atoms with Gasteiger partial charge in [0, 0.05) is 13.1 Å². The number of benzene rings is 1. The molecule has 0 unspecified atom stereocenters. The Morgan fingerprint density at radius 2 is 2.00 bits per heavy atom. The maximum atomic E-state index is 12.4. The zero-order valence-electron chi connectivity index (χ0n) is 13.0. The van der Waals surface area contributed by atoms with Crippen molar-refractivity contribution in [2.45, 2.75) is 33.8 Å². The van der Waals surface area contributed by atoms with Crippen LogP contribution in [-0.2, 0) is 9.59 Å². The lowest BCUT2D eigenvalue weighted by molar-refractivity contribution is -0.132. The molecule has 114 valence electrons. The van der Waals surface area contributed by atoms with Crippen LogP contribution in [0.1, 0.15) is 26.3 Å². The van der Waals surface area contributed by atoms with Gasteiger partial charge in [-0.25, -0.2) is 0 Å². The van der Waals surface area contributed by atoms with Crippen molar-refractivity contribution in [1.29, 1.82) is 0 Å². The lowest BCUT2D eigenvalue weighted by Gasteiger charge is -2.34. The van der Waals surface area contributed by atoms with Crippen molar-refractivity contribution >= 4 is 17.5 Å². The number of likely N-dealkylation sites (N-methyl/N-ethyl adjacent to an activating group) is 1. The number of rotatable bonds is 4. The third-order valence-electron chi connectivity index (χ3n) is 3.73. The molecule has 1 aromatic rings. The van der Waals surface area contributed by atoms with Crippen molar-refractivity contribution in [3.8, 4) is 5.75 Å². The summed E-state index contributed by atoms with van der Waals surface area (Å²) >= 11 is 0. The highest BCUT2D eigenvalue weighted by molar-refractivity contribution is 6.03. The summed E-state index contributed by atoms with van der Waals surface area (Å²) in [7, 11) is 0. The smallest absolute Gasteiger partial charge is 0.268 e. The Morgan fingerprint density at radius 1 is 1.33 bits per heavy atom. The van der Waals surface area contributed by atoms with E-state index in [0.29, 0.717) is 24.5 Å². The van der Waals surface area contributed by atoms with Crippen LogP contribution < -0.4 is 9.64 Å². The van der Waals surface area contributed by atoms with Crippen molar-refractivity contribution in [2.24, 2.45) is 0 Å². The Labute approximate surface area is 125 Å². The molecule has 1 aromatic carbocycles. The topological polar surface area (TPSA) is 49.9 Å². The molecule has 0 N–H and O–H groups in total. The lowest BCUT2D eigenvalue weighted by atomic mass is 10.1. The summed E-state index contributed by atoms with van der Waals surface area (Å²) in [5, 5.41) is 0. The molecule has 0 fully saturated rings. The zero-order chi connectivity index (χ0) is 15.6. The highest BCUT2D eigenvalue weighted by atomic mass is 16.5. The van der Waals surface area contributed by atoms with Crippen LogP contribution in [0.25, 0.3) is 0 Å². The molecule has 5 heteroatoms. The maximum absolute atomic E-state index is 12.4. The van der Waals surface area contributed by atoms with Crippen LogP contribution in [0.15, 0.2) is 18.2 Å². The molecular formula is C16H22N2O3. The summed E-state index contributed by atoms with van der Waals surface area (Å²) in [6, 6.07) is 5.67. The van der Waals surface area contributed by atoms with Crippen LogP contribution >= 0.6 is 0 Å². The molecule has 0 radical (unpaired) electrons. The predicted molar refractivity (Wildman–Crippen MR) is 81.6 cm³/mol. The van der Waals surface area contributed by atoms with Gasteiger partial charge in [0.2, 0.25) is 5.91 Å². The van der Waals surface area contributed by atoms with Gasteiger partial charge >= 0.3 is 0 Å². The molecule has 1 heterocycles. The van der Waals surface area contributed by atoms with Crippen LogP contribution in [0.5, 0.6) is 5.75 Å². The first-order chi connectivity index (χ1) is 9.97. The van der Waals surface area contributed by atoms with E-state index in [4.69, 9.17) is 4.74 Å². The number of fused-ring (bicyclic) bond motifs is 1. The highest BCUT2D eigenvalue weighted by Crippen LogP contribution is 2.34. The van der Waals surface area contributed by atoms with E-state index in [2.05, 4.69) is 0 Å². The molecule has 1 aliphatic rings. The summed E-state index contributed by atoms with van der Waals surface area (Å²) < 4.78 is 5.61. The Morgan fingerprint density at radius 3 is 2.62 bits per heavy atom. The number of hydrogen-bond donors (Lipinski definition) is 0. The number of aryl methyl sites for hydroxylation is 1. The summed E-state index contributed by atoms with van der Waals surface area (Å²) in [6.45, 7) is 8.87. The number of carbonyl (C=O) groups is 2. The standard InChI is InChI=1S/C16H22N2O3/c1-5-17(6-2)15(19)10-18-13-9-11(3)7-8-14(13)21-12(4)16(18)20/h7-9,12H,5-6,10H2,1-4H3/t12-/m0/s1. The van der Waals surface area contributed by atoms with Gasteiger partial charge in [0.1, 0.15) is 12.3 Å². The average Bonchev–Trinajstić information content (AvgIpc) is 2.46. The molecule has 21 heavy (non-hydrogen) atoms. The fourth-order valence-corrected chi connectivity index (χ4v) is 2.49. The van der Waals surface area contributed by atoms with Crippen molar-refractivity contribution in [1.82, 2.24) is 4.90 Å². The van der Waals surface area contributed by atoms with E-state index in [0.717, 1.165) is 5.56 Å². The summed E-state index contributed by atoms with van der Waals surface area (Å²) in [4.78, 5) is 27.9. The molecule has 0 saturated carbocycles. The van der Waals surface area contributed by atoms with Gasteiger partial charge < -0.3 is 9.64 Å². The van der Waals surface area contributed by atoms with E-state index >= 15 is 0 Å². The maximum Gasteiger partial charge on any atom is 0.268 e. The molecule has 0 aromatic heterocycles. The van der Waals surface area contributed by atoms with Crippen LogP contribution in [0.2, 0.25) is 0 Å². The highest BCUT2D eigenvalue weighted by Gasteiger charge is 2.33. The molecule has 0 bridgehead atoms. The third-order valence-corrected chi connectivity index (χ3v) is 3.73. The van der Waals surface area contributed by atoms with Gasteiger partial charge in [-0.1, -0.05) is 6.07 Å². The van der Waals surface area contributed by atoms with Gasteiger partial charge in [0.25, 0.3) is 5.91 Å². The Bertz CT molecular complexity index is 552. The number of carbonyl (C=O) groups excluding carboxylic acids is 2. The van der Waals surface area contributed by atoms with Crippen LogP contribution in [0.4, 0.5) is 5.69 Å². The van der Waals surface area contributed by atoms with E-state index in [1.807, 2.05) is 39.0 Å². The molecule has 5 nitrogen and oxygen atoms in total. The summed E-state index contributed by atoms with van der Waals surface area (Å²) in [5.74, 6) is 0.434. The molecule has 1 atom stereocenters. The Hall–Kier alpha value is -2.04. The molecule has 0 saturated heterocycles. The zero-order valence-corrected chi connectivity index (χ0v) is 13.0. The second kappa shape index (κ2) is 6.16. The van der Waals surface area contributed by atoms with Gasteiger partial charge in [-0.15, -0.1) is 0 Å². The number of hydrogen-bond acceptors (Lipinski definition) is 3. The van der Waals surface area contributed by atoms with Crippen molar-refractivity contribution in [3.63, 3.8) is 0 Å². The van der Waals surface area contributed by atoms with Crippen molar-refractivity contribution in [3.05, 3.63) is 23.8 Å². The molecule has 2 amide bonds. The number of ether oxygens (including phenoxy) is 1. The minimum Gasteiger partial charge on any atom is -0.479 e. The van der Waals surface area contributed by atoms with Crippen molar-refractivity contribution in [2.75, 3.05) is 24.5 Å². The van der Waals surface area contributed by atoms with E-state index in [1.165, 1.54) is 4.90 Å². The first kappa shape index (κ1) is 15.4. The first-order valence-corrected chi connectivity index (χ1v) is 7.34. The average molecular weight is 290 g/mol. The van der Waals surface area contributed by atoms with Crippen LogP contribution in [-0.4, -0.2) is 42.5 Å². The SMILES string of the molecule is CCN(CC)C(=O)CN1C(=O)[C@H](C)Oc2ccc(C)cc21. The molecule has 0 aliphatic carbocycles.